The van der Waals surface area contributed by atoms with E-state index in [-0.39, 0.29) is 24.0 Å². The number of nitrogens with two attached hydrogens (primary N) is 2. The number of nitrogens with one attached hydrogen (secondary N) is 4. The van der Waals surface area contributed by atoms with Gasteiger partial charge in [-0.3, -0.25) is 24.8 Å². The van der Waals surface area contributed by atoms with Crippen LogP contribution in [0.15, 0.2) is 97.5 Å². The van der Waals surface area contributed by atoms with Crippen molar-refractivity contribution in [2.45, 2.75) is 88.1 Å². The monoisotopic (exact) mass is 809 g/mol. The van der Waals surface area contributed by atoms with Crippen molar-refractivity contribution in [3.05, 3.63) is 148 Å². The molecule has 2 aliphatic heterocycles. The summed E-state index contributed by atoms with van der Waals surface area (Å²) in [6, 6.07) is 19.9. The molecule has 3 aromatic heterocycles. The van der Waals surface area contributed by atoms with Crippen LogP contribution in [0.1, 0.15) is 94.1 Å². The van der Waals surface area contributed by atoms with Crippen LogP contribution < -0.4 is 32.7 Å². The maximum absolute atomic E-state index is 11.3. The van der Waals surface area contributed by atoms with Gasteiger partial charge >= 0.3 is 12.1 Å². The second kappa shape index (κ2) is 19.7. The van der Waals surface area contributed by atoms with Gasteiger partial charge in [0, 0.05) is 101 Å². The Hall–Kier alpha value is -5.47. The number of amides is 4. The first kappa shape index (κ1) is 41.3. The van der Waals surface area contributed by atoms with E-state index in [9.17, 15) is 9.59 Å². The number of aromatic nitrogens is 3. The van der Waals surface area contributed by atoms with Gasteiger partial charge in [0.1, 0.15) is 0 Å². The van der Waals surface area contributed by atoms with E-state index in [1.54, 1.807) is 0 Å². The van der Waals surface area contributed by atoms with Crippen molar-refractivity contribution in [2.75, 3.05) is 39.3 Å². The summed E-state index contributed by atoms with van der Waals surface area (Å²) in [6.45, 7) is 5.70. The van der Waals surface area contributed by atoms with Gasteiger partial charge in [-0.25, -0.2) is 9.59 Å². The zero-order valence-corrected chi connectivity index (χ0v) is 34.4. The summed E-state index contributed by atoms with van der Waals surface area (Å²) in [5, 5.41) is 13.0. The SMILES string of the molecule is NC(=O)NC/C=C\CN(C[C@H]1Cc2ccc(C3CC[C@H](N(C/C=C\CNC(N)=O)C[C@H]4Cc5ncccc5CN4)c4ncccc43)cc2CN1)[C@H]1CCCc2cccnc21. The summed E-state index contributed by atoms with van der Waals surface area (Å²) in [5.74, 6) is 0.263. The number of carbonyl (C=O) groups is 2. The van der Waals surface area contributed by atoms with Crippen LogP contribution in [0.5, 0.6) is 0 Å². The quantitative estimate of drug-likeness (QED) is 0.0930. The molecule has 4 amide bonds. The molecule has 0 saturated carbocycles. The van der Waals surface area contributed by atoms with Crippen LogP contribution in [0.3, 0.4) is 0 Å². The zero-order chi connectivity index (χ0) is 41.3. The van der Waals surface area contributed by atoms with E-state index in [0.29, 0.717) is 19.1 Å². The number of urea groups is 2. The molecule has 5 atom stereocenters. The second-order valence-electron chi connectivity index (χ2n) is 16.6. The summed E-state index contributed by atoms with van der Waals surface area (Å²) in [6.07, 6.45) is 21.1. The highest BCUT2D eigenvalue weighted by atomic mass is 16.2. The fraction of sp³-hybridized carbons (Fsp3) is 0.426. The Morgan fingerprint density at radius 3 is 2.05 bits per heavy atom. The van der Waals surface area contributed by atoms with Crippen LogP contribution in [-0.4, -0.2) is 88.2 Å². The average molecular weight is 810 g/mol. The van der Waals surface area contributed by atoms with E-state index in [1.165, 1.54) is 44.8 Å². The Morgan fingerprint density at radius 1 is 0.683 bits per heavy atom. The minimum atomic E-state index is -0.522. The number of rotatable bonds is 15. The van der Waals surface area contributed by atoms with Gasteiger partial charge in [-0.15, -0.1) is 0 Å². The highest BCUT2D eigenvalue weighted by Gasteiger charge is 2.35. The molecule has 4 aliphatic rings. The lowest BCUT2D eigenvalue weighted by Gasteiger charge is -2.40. The maximum atomic E-state index is 11.3. The van der Waals surface area contributed by atoms with E-state index in [2.05, 4.69) is 85.7 Å². The number of pyridine rings is 3. The molecule has 0 fully saturated rings. The van der Waals surface area contributed by atoms with Crippen LogP contribution in [0, 0.1) is 0 Å². The Balaban J connectivity index is 0.972. The molecule has 314 valence electrons. The summed E-state index contributed by atoms with van der Waals surface area (Å²) < 4.78 is 0. The molecule has 8 rings (SSSR count). The lowest BCUT2D eigenvalue weighted by molar-refractivity contribution is 0.167. The van der Waals surface area contributed by atoms with Crippen molar-refractivity contribution in [3.8, 4) is 0 Å². The molecule has 5 heterocycles. The van der Waals surface area contributed by atoms with Gasteiger partial charge in [0.05, 0.1) is 23.5 Å². The highest BCUT2D eigenvalue weighted by molar-refractivity contribution is 5.72. The molecule has 13 heteroatoms. The van der Waals surface area contributed by atoms with Crippen molar-refractivity contribution in [1.82, 2.24) is 46.0 Å². The van der Waals surface area contributed by atoms with Crippen LogP contribution >= 0.6 is 0 Å². The number of hydrogen-bond donors (Lipinski definition) is 6. The molecular weight excluding hydrogens is 751 g/mol. The average Bonchev–Trinajstić information content (AvgIpc) is 3.27. The summed E-state index contributed by atoms with van der Waals surface area (Å²) >= 11 is 0. The first-order valence-corrected chi connectivity index (χ1v) is 21.6. The van der Waals surface area contributed by atoms with E-state index in [0.717, 1.165) is 89.9 Å². The van der Waals surface area contributed by atoms with Gasteiger partial charge in [-0.05, 0) is 90.1 Å². The number of fused-ring (bicyclic) bond motifs is 4. The summed E-state index contributed by atoms with van der Waals surface area (Å²) in [5.41, 5.74) is 22.2. The standard InChI is InChI=1S/C47H59N11O2/c48-46(59)53-18-1-3-23-57(42-13-5-9-32-10-6-21-51-44(32)42)30-37-26-33-14-15-34(25-36(33)29-56-37)39-16-17-43(45-40(39)12-8-22-52-45)58(24-4-2-19-54-47(49)60)31-38-27-41-35(28-55-38)11-7-20-50-41/h1-4,6-8,10-12,14-15,20-22,25,37-39,42-43,55-56H,5,9,13,16-19,23-24,26-31H2,(H3,48,53,59)(H3,49,54,60)/b3-1-,4-2-/t37-,38-,39?,42+,43+/m1/s1. The summed E-state index contributed by atoms with van der Waals surface area (Å²) in [4.78, 5) is 42.3. The van der Waals surface area contributed by atoms with Crippen LogP contribution in [0.4, 0.5) is 9.59 Å². The van der Waals surface area contributed by atoms with Crippen molar-refractivity contribution in [2.24, 2.45) is 11.5 Å². The van der Waals surface area contributed by atoms with Gasteiger partial charge in [0.15, 0.2) is 0 Å². The molecule has 8 N–H and O–H groups in total. The minimum absolute atomic E-state index is 0.154. The molecule has 0 radical (unpaired) electrons. The Bertz CT molecular complexity index is 2170. The topological polar surface area (TPSA) is 179 Å². The van der Waals surface area contributed by atoms with Gasteiger partial charge in [0.25, 0.3) is 0 Å². The molecule has 60 heavy (non-hydrogen) atoms. The third-order valence-electron chi connectivity index (χ3n) is 12.7. The fourth-order valence-electron chi connectivity index (χ4n) is 9.84. The molecule has 0 bridgehead atoms. The lowest BCUT2D eigenvalue weighted by Crippen LogP contribution is -2.47. The lowest BCUT2D eigenvalue weighted by atomic mass is 9.77. The molecule has 13 nitrogen and oxygen atoms in total. The van der Waals surface area contributed by atoms with Crippen molar-refractivity contribution < 1.29 is 9.59 Å². The van der Waals surface area contributed by atoms with E-state index in [4.69, 9.17) is 26.4 Å². The third kappa shape index (κ3) is 10.1. The van der Waals surface area contributed by atoms with E-state index >= 15 is 0 Å². The molecule has 2 aliphatic carbocycles. The van der Waals surface area contributed by atoms with Gasteiger partial charge in [-0.2, -0.15) is 0 Å². The second-order valence-corrected chi connectivity index (χ2v) is 16.6. The Morgan fingerprint density at radius 2 is 1.32 bits per heavy atom. The smallest absolute Gasteiger partial charge is 0.312 e. The van der Waals surface area contributed by atoms with Gasteiger partial charge in [0.2, 0.25) is 0 Å². The predicted octanol–water partition coefficient (Wildman–Crippen LogP) is 4.70. The normalized spacial score (nSPS) is 22.3. The number of benzene rings is 1. The molecule has 1 unspecified atom stereocenters. The van der Waals surface area contributed by atoms with Crippen molar-refractivity contribution in [1.29, 1.82) is 0 Å². The molecule has 0 spiro atoms. The first-order chi connectivity index (χ1) is 29.4. The maximum Gasteiger partial charge on any atom is 0.312 e. The number of nitrogens with zero attached hydrogens (tertiary/aromatic N) is 5. The highest BCUT2D eigenvalue weighted by Crippen LogP contribution is 2.43. The van der Waals surface area contributed by atoms with Crippen LogP contribution in [0.2, 0.25) is 0 Å². The molecule has 4 aromatic rings. The van der Waals surface area contributed by atoms with Gasteiger partial charge < -0.3 is 32.7 Å². The zero-order valence-electron chi connectivity index (χ0n) is 34.4. The van der Waals surface area contributed by atoms with Gasteiger partial charge in [-0.1, -0.05) is 60.7 Å². The Kier molecular flexibility index (Phi) is 13.6. The minimum Gasteiger partial charge on any atom is -0.352 e. The van der Waals surface area contributed by atoms with E-state index < -0.39 is 12.1 Å². The number of primary amides is 2. The largest absolute Gasteiger partial charge is 0.352 e. The summed E-state index contributed by atoms with van der Waals surface area (Å²) in [7, 11) is 0. The van der Waals surface area contributed by atoms with Crippen LogP contribution in [-0.2, 0) is 32.4 Å². The third-order valence-corrected chi connectivity index (χ3v) is 12.7. The van der Waals surface area contributed by atoms with E-state index in [1.807, 2.05) is 42.9 Å². The molecule has 1 aromatic carbocycles. The van der Waals surface area contributed by atoms with Crippen LogP contribution in [0.25, 0.3) is 0 Å². The number of hydrogen-bond acceptors (Lipinski definition) is 9. The van der Waals surface area contributed by atoms with Crippen molar-refractivity contribution in [3.63, 3.8) is 0 Å². The number of carbonyl (C=O) groups excluding carboxylic acids is 2. The van der Waals surface area contributed by atoms with Crippen molar-refractivity contribution >= 4 is 12.1 Å². The Labute approximate surface area is 353 Å². The first-order valence-electron chi connectivity index (χ1n) is 21.6. The fourth-order valence-corrected chi connectivity index (χ4v) is 9.84. The number of aryl methyl sites for hydroxylation is 1. The molecular formula is C47H59N11O2. The molecule has 0 saturated heterocycles. The predicted molar refractivity (Wildman–Crippen MR) is 234 cm³/mol.